The molecular formula is C26H39N2NaO18S2. The first kappa shape index (κ1) is 46.0. The van der Waals surface area contributed by atoms with Gasteiger partial charge in [-0.2, -0.15) is 16.8 Å². The quantitative estimate of drug-likeness (QED) is 0.0326. The van der Waals surface area contributed by atoms with Crippen LogP contribution in [0.15, 0.2) is 0 Å². The van der Waals surface area contributed by atoms with E-state index in [-0.39, 0.29) is 105 Å². The van der Waals surface area contributed by atoms with Crippen molar-refractivity contribution in [2.75, 3.05) is 0 Å². The van der Waals surface area contributed by atoms with E-state index < -0.39 is 90.3 Å². The molecule has 6 N–H and O–H groups in total. The summed E-state index contributed by atoms with van der Waals surface area (Å²) in [7, 11) is -10.6. The third-order valence-corrected chi connectivity index (χ3v) is 10.5. The molecule has 49 heavy (non-hydrogen) atoms. The molecule has 2 fully saturated rings. The number of likely N-dealkylation sites (tertiary alicyclic amines) is 2. The molecule has 20 nitrogen and oxygen atoms in total. The molecule has 2 unspecified atom stereocenters. The van der Waals surface area contributed by atoms with Crippen LogP contribution in [-0.2, 0) is 58.6 Å². The molecule has 23 heteroatoms. The van der Waals surface area contributed by atoms with Crippen LogP contribution in [0.2, 0.25) is 0 Å². The first-order valence-electron chi connectivity index (χ1n) is 14.6. The molecule has 0 aromatic carbocycles. The van der Waals surface area contributed by atoms with Crippen LogP contribution in [0.25, 0.3) is 0 Å². The second-order valence-electron chi connectivity index (χ2n) is 11.0. The number of rotatable bonds is 20. The van der Waals surface area contributed by atoms with Crippen LogP contribution in [0.5, 0.6) is 0 Å². The Morgan fingerprint density at radius 3 is 0.980 bits per heavy atom. The van der Waals surface area contributed by atoms with Crippen molar-refractivity contribution in [3.63, 3.8) is 0 Å². The summed E-state index contributed by atoms with van der Waals surface area (Å²) in [5.74, 6) is -9.84. The summed E-state index contributed by atoms with van der Waals surface area (Å²) >= 11 is 0. The summed E-state index contributed by atoms with van der Waals surface area (Å²) in [6.07, 6.45) is -0.785. The largest absolute Gasteiger partial charge is 1.00 e. The van der Waals surface area contributed by atoms with Gasteiger partial charge >= 0.3 is 73.7 Å². The van der Waals surface area contributed by atoms with Gasteiger partial charge in [0.1, 0.15) is 0 Å². The Hall–Kier alpha value is -3.02. The fourth-order valence-electron chi connectivity index (χ4n) is 5.29. The zero-order valence-corrected chi connectivity index (χ0v) is 30.2. The van der Waals surface area contributed by atoms with Gasteiger partial charge in [-0.3, -0.25) is 37.9 Å². The van der Waals surface area contributed by atoms with Crippen molar-refractivity contribution < 1.29 is 116 Å². The Labute approximate surface area is 304 Å². The van der Waals surface area contributed by atoms with Crippen LogP contribution >= 0.6 is 0 Å². The monoisotopic (exact) mass is 754 g/mol. The summed E-state index contributed by atoms with van der Waals surface area (Å²) in [6.45, 7) is 0. The number of hydrogen-bond donors (Lipinski definition) is 6. The van der Waals surface area contributed by atoms with Gasteiger partial charge in [0.15, 0.2) is 0 Å². The van der Waals surface area contributed by atoms with Gasteiger partial charge in [-0.15, -0.1) is 0 Å². The Bertz CT molecular complexity index is 1380. The van der Waals surface area contributed by atoms with Crippen LogP contribution < -0.4 is 29.6 Å². The minimum Gasteiger partial charge on any atom is -1.00 e. The maximum absolute atomic E-state index is 11.8. The molecule has 2 rings (SSSR count). The summed E-state index contributed by atoms with van der Waals surface area (Å²) in [4.78, 5) is 85.3. The van der Waals surface area contributed by atoms with Gasteiger partial charge in [-0.05, 0) is 38.5 Å². The van der Waals surface area contributed by atoms with E-state index in [1.165, 1.54) is 0 Å². The van der Waals surface area contributed by atoms with Gasteiger partial charge in [-0.25, -0.2) is 19.4 Å². The Kier molecular flexibility index (Phi) is 18.2. The molecule has 2 aliphatic rings. The normalized spacial score (nSPS) is 17.4. The molecule has 0 bridgehead atoms. The molecular weight excluding hydrogens is 715 g/mol. The third-order valence-electron chi connectivity index (χ3n) is 7.66. The van der Waals surface area contributed by atoms with E-state index in [4.69, 9.17) is 10.2 Å². The van der Waals surface area contributed by atoms with Crippen LogP contribution in [0, 0.1) is 0 Å². The molecule has 0 saturated carbocycles. The second kappa shape index (κ2) is 19.4. The van der Waals surface area contributed by atoms with Crippen molar-refractivity contribution in [3.05, 3.63) is 0 Å². The van der Waals surface area contributed by atoms with E-state index in [1.54, 1.807) is 0 Å². The number of imide groups is 2. The fourth-order valence-corrected chi connectivity index (χ4v) is 7.40. The number of amides is 4. The number of carbonyl (C=O) groups excluding carboxylic acids is 4. The molecule has 2 aliphatic heterocycles. The van der Waals surface area contributed by atoms with E-state index in [1.807, 2.05) is 0 Å². The molecule has 0 aromatic heterocycles. The molecule has 0 spiro atoms. The average Bonchev–Trinajstić information content (AvgIpc) is 3.46. The number of hydrogen-bond acceptors (Lipinski definition) is 12. The van der Waals surface area contributed by atoms with Crippen molar-refractivity contribution in [1.29, 1.82) is 0 Å². The maximum atomic E-state index is 11.8. The van der Waals surface area contributed by atoms with Crippen LogP contribution in [0.1, 0.15) is 104 Å². The predicted molar refractivity (Wildman–Crippen MR) is 158 cm³/mol. The standard InChI is InChI=1S/2C13H19NO9S.Na.H/c2*15-9-6-7-10(16)14(9)13(12(19)20,24(21,22)23)8-4-2-1-3-5-11(17)18;;/h2*1-8H2,(H,17,18)(H,19,20)(H,21,22,23);;/q;;+1;-1. The number of carboxylic acid groups (broad SMARTS) is 4. The van der Waals surface area contributed by atoms with Crippen LogP contribution in [0.4, 0.5) is 0 Å². The SMILES string of the molecule is O=C(O)CCCCCCC(C(=O)O)(N1C(=O)CCC1=O)S(=O)(=O)O.O=C(O)CCCCCCC(C(=O)O)(N1C(=O)CCC1=O)S(=O)(=O)O.[H-].[Na+]. The Balaban J connectivity index is 0. The van der Waals surface area contributed by atoms with Gasteiger partial charge in [-0.1, -0.05) is 25.7 Å². The van der Waals surface area contributed by atoms with Gasteiger partial charge in [0, 0.05) is 38.5 Å². The van der Waals surface area contributed by atoms with E-state index in [9.17, 15) is 74.5 Å². The summed E-state index contributed by atoms with van der Waals surface area (Å²) in [5.41, 5.74) is 0. The van der Waals surface area contributed by atoms with E-state index >= 15 is 0 Å². The smallest absolute Gasteiger partial charge is 1.00 e. The van der Waals surface area contributed by atoms with Crippen molar-refractivity contribution in [2.45, 2.75) is 112 Å². The van der Waals surface area contributed by atoms with Gasteiger partial charge in [0.05, 0.1) is 0 Å². The first-order valence-corrected chi connectivity index (χ1v) is 17.5. The van der Waals surface area contributed by atoms with E-state index in [0.29, 0.717) is 25.7 Å². The van der Waals surface area contributed by atoms with Gasteiger partial charge in [0.25, 0.3) is 9.74 Å². The summed E-state index contributed by atoms with van der Waals surface area (Å²) < 4.78 is 65.8. The number of carboxylic acids is 4. The zero-order valence-electron chi connectivity index (χ0n) is 27.6. The molecule has 274 valence electrons. The van der Waals surface area contributed by atoms with Crippen molar-refractivity contribution in [2.24, 2.45) is 0 Å². The van der Waals surface area contributed by atoms with Gasteiger partial charge < -0.3 is 21.9 Å². The molecule has 0 aromatic rings. The minimum atomic E-state index is -5.29. The maximum Gasteiger partial charge on any atom is 1.00 e. The van der Waals surface area contributed by atoms with E-state index in [0.717, 1.165) is 0 Å². The van der Waals surface area contributed by atoms with Crippen LogP contribution in [-0.4, -0.2) is 113 Å². The molecule has 0 radical (unpaired) electrons. The summed E-state index contributed by atoms with van der Waals surface area (Å²) in [5, 5.41) is 35.8. The molecule has 2 saturated heterocycles. The number of aliphatic carboxylic acids is 4. The summed E-state index contributed by atoms with van der Waals surface area (Å²) in [6, 6.07) is 0. The van der Waals surface area contributed by atoms with Crippen LogP contribution in [0.3, 0.4) is 0 Å². The van der Waals surface area contributed by atoms with Gasteiger partial charge in [0.2, 0.25) is 23.6 Å². The minimum absolute atomic E-state index is 0. The molecule has 0 aliphatic carbocycles. The third kappa shape index (κ3) is 11.5. The second-order valence-corrected chi connectivity index (χ2v) is 14.2. The molecule has 2 heterocycles. The van der Waals surface area contributed by atoms with Crippen molar-refractivity contribution >= 4 is 67.7 Å². The topological polar surface area (TPSA) is 333 Å². The first-order chi connectivity index (χ1) is 22.1. The van der Waals surface area contributed by atoms with E-state index in [2.05, 4.69) is 0 Å². The molecule has 4 amide bonds. The Morgan fingerprint density at radius 2 is 0.776 bits per heavy atom. The Morgan fingerprint density at radius 1 is 0.531 bits per heavy atom. The zero-order chi connectivity index (χ0) is 37.1. The number of nitrogens with zero attached hydrogens (tertiary/aromatic N) is 2. The van der Waals surface area contributed by atoms with Crippen molar-refractivity contribution in [3.8, 4) is 0 Å². The average molecular weight is 755 g/mol. The predicted octanol–water partition coefficient (Wildman–Crippen LogP) is -2.42. The number of carbonyl (C=O) groups is 8. The number of unbranched alkanes of at least 4 members (excludes halogenated alkanes) is 6. The molecule has 2 atom stereocenters. The van der Waals surface area contributed by atoms with Crippen molar-refractivity contribution in [1.82, 2.24) is 9.80 Å². The fraction of sp³-hybridized carbons (Fsp3) is 0.692.